The van der Waals surface area contributed by atoms with E-state index in [9.17, 15) is 9.59 Å². The highest BCUT2D eigenvalue weighted by Gasteiger charge is 2.42. The van der Waals surface area contributed by atoms with E-state index >= 15 is 0 Å². The minimum absolute atomic E-state index is 0.0335. The monoisotopic (exact) mass is 502 g/mol. The number of hydrogen-bond donors (Lipinski definition) is 1. The molecule has 3 heterocycles. The largest absolute Gasteiger partial charge is 0.486 e. The molecule has 1 aliphatic carbocycles. The molecule has 0 bridgehead atoms. The number of nitrogens with zero attached hydrogens (tertiary/aromatic N) is 5. The first-order valence-electron chi connectivity index (χ1n) is 11.8. The van der Waals surface area contributed by atoms with E-state index in [1.54, 1.807) is 23.2 Å². The number of H-pyrrole nitrogens is 1. The summed E-state index contributed by atoms with van der Waals surface area (Å²) in [6, 6.07) is 16.0. The standard InChI is InChI=1S/C26H23ClN6O3/c1-15-12-20(16-10-11-16)32(30-15)25(35)23-19(27)8-5-9-21(23)36-14-18-13-22(34)33-26(28-18)29-24(31-33)17-6-3-2-4-7-17/h2-9,13,16,20H,10-12,14H2,1H3,(H,28,29,31). The third-order valence-electron chi connectivity index (χ3n) is 6.47. The van der Waals surface area contributed by atoms with Gasteiger partial charge in [-0.2, -0.15) is 14.6 Å². The number of hydrazone groups is 1. The van der Waals surface area contributed by atoms with Crippen LogP contribution in [-0.4, -0.2) is 42.3 Å². The van der Waals surface area contributed by atoms with Crippen molar-refractivity contribution in [1.82, 2.24) is 24.6 Å². The van der Waals surface area contributed by atoms with Crippen molar-refractivity contribution in [3.05, 3.63) is 81.2 Å². The molecule has 36 heavy (non-hydrogen) atoms. The van der Waals surface area contributed by atoms with Crippen molar-refractivity contribution >= 4 is 29.0 Å². The third-order valence-corrected chi connectivity index (χ3v) is 6.78. The number of rotatable bonds is 6. The number of aromatic amines is 1. The van der Waals surface area contributed by atoms with Crippen molar-refractivity contribution < 1.29 is 9.53 Å². The lowest BCUT2D eigenvalue weighted by atomic mass is 10.1. The molecular weight excluding hydrogens is 480 g/mol. The van der Waals surface area contributed by atoms with Crippen molar-refractivity contribution in [1.29, 1.82) is 0 Å². The number of benzene rings is 2. The molecule has 1 N–H and O–H groups in total. The fraction of sp³-hybridized carbons (Fsp3) is 0.269. The molecule has 0 spiro atoms. The molecule has 10 heteroatoms. The quantitative estimate of drug-likeness (QED) is 0.423. The highest BCUT2D eigenvalue weighted by molar-refractivity contribution is 6.34. The van der Waals surface area contributed by atoms with Crippen LogP contribution in [0.2, 0.25) is 5.02 Å². The Morgan fingerprint density at radius 1 is 1.14 bits per heavy atom. The molecule has 1 fully saturated rings. The van der Waals surface area contributed by atoms with Crippen LogP contribution >= 0.6 is 11.6 Å². The molecule has 6 rings (SSSR count). The predicted molar refractivity (Wildman–Crippen MR) is 135 cm³/mol. The summed E-state index contributed by atoms with van der Waals surface area (Å²) in [6.07, 6.45) is 2.98. The van der Waals surface area contributed by atoms with Crippen molar-refractivity contribution in [3.8, 4) is 17.1 Å². The molecule has 4 aromatic rings. The van der Waals surface area contributed by atoms with E-state index in [0.717, 1.165) is 30.5 Å². The number of carbonyl (C=O) groups is 1. The summed E-state index contributed by atoms with van der Waals surface area (Å²) < 4.78 is 7.27. The maximum absolute atomic E-state index is 13.5. The van der Waals surface area contributed by atoms with E-state index in [4.69, 9.17) is 16.3 Å². The zero-order chi connectivity index (χ0) is 24.8. The lowest BCUT2D eigenvalue weighted by molar-refractivity contribution is 0.0689. The number of hydrogen-bond acceptors (Lipinski definition) is 6. The van der Waals surface area contributed by atoms with Gasteiger partial charge in [0.1, 0.15) is 17.9 Å². The average Bonchev–Trinajstić information content (AvgIpc) is 3.51. The van der Waals surface area contributed by atoms with Crippen LogP contribution in [0.15, 0.2) is 64.5 Å². The summed E-state index contributed by atoms with van der Waals surface area (Å²) >= 11 is 6.47. The van der Waals surface area contributed by atoms with E-state index < -0.39 is 0 Å². The van der Waals surface area contributed by atoms with Crippen molar-refractivity contribution in [2.24, 2.45) is 11.0 Å². The van der Waals surface area contributed by atoms with Crippen LogP contribution in [0.4, 0.5) is 0 Å². The molecular formula is C26H23ClN6O3. The molecule has 2 aromatic heterocycles. The highest BCUT2D eigenvalue weighted by atomic mass is 35.5. The summed E-state index contributed by atoms with van der Waals surface area (Å²) in [4.78, 5) is 35.1. The van der Waals surface area contributed by atoms with Gasteiger partial charge in [0.05, 0.1) is 16.8 Å². The fourth-order valence-electron chi connectivity index (χ4n) is 4.56. The van der Waals surface area contributed by atoms with Crippen LogP contribution in [-0.2, 0) is 6.61 Å². The average molecular weight is 503 g/mol. The second-order valence-electron chi connectivity index (χ2n) is 9.15. The predicted octanol–water partition coefficient (Wildman–Crippen LogP) is 4.32. The summed E-state index contributed by atoms with van der Waals surface area (Å²) in [5.41, 5.74) is 2.10. The second kappa shape index (κ2) is 8.91. The minimum atomic E-state index is -0.315. The van der Waals surface area contributed by atoms with Crippen LogP contribution < -0.4 is 10.3 Å². The Morgan fingerprint density at radius 2 is 1.94 bits per heavy atom. The van der Waals surface area contributed by atoms with Gasteiger partial charge in [0, 0.05) is 23.8 Å². The Hall–Kier alpha value is -3.98. The molecule has 9 nitrogen and oxygen atoms in total. The van der Waals surface area contributed by atoms with E-state index in [-0.39, 0.29) is 40.5 Å². The molecule has 2 aliphatic rings. The lowest BCUT2D eigenvalue weighted by Crippen LogP contribution is -2.34. The Balaban J connectivity index is 1.27. The Morgan fingerprint density at radius 3 is 2.72 bits per heavy atom. The first-order valence-corrected chi connectivity index (χ1v) is 12.2. The normalized spacial score (nSPS) is 17.4. The van der Waals surface area contributed by atoms with Crippen LogP contribution in [0.25, 0.3) is 17.2 Å². The number of ether oxygens (including phenoxy) is 1. The Bertz CT molecular complexity index is 1560. The molecule has 0 saturated heterocycles. The molecule has 1 saturated carbocycles. The first kappa shape index (κ1) is 22.5. The van der Waals surface area contributed by atoms with Gasteiger partial charge < -0.3 is 4.74 Å². The van der Waals surface area contributed by atoms with Gasteiger partial charge in [0.2, 0.25) is 0 Å². The molecule has 1 unspecified atom stereocenters. The molecule has 1 amide bonds. The summed E-state index contributed by atoms with van der Waals surface area (Å²) in [5, 5.41) is 9.32. The number of amides is 1. The maximum atomic E-state index is 13.5. The first-order chi connectivity index (χ1) is 17.5. The van der Waals surface area contributed by atoms with Crippen molar-refractivity contribution in [2.75, 3.05) is 0 Å². The third kappa shape index (κ3) is 4.15. The Kier molecular flexibility index (Phi) is 5.56. The van der Waals surface area contributed by atoms with Gasteiger partial charge in [-0.15, -0.1) is 0 Å². The van der Waals surface area contributed by atoms with Gasteiger partial charge in [-0.25, -0.2) is 9.99 Å². The van der Waals surface area contributed by atoms with Crippen LogP contribution in [0.3, 0.4) is 0 Å². The number of aromatic nitrogens is 4. The molecule has 1 aliphatic heterocycles. The van der Waals surface area contributed by atoms with Gasteiger partial charge in [-0.05, 0) is 37.8 Å². The van der Waals surface area contributed by atoms with Crippen LogP contribution in [0.1, 0.15) is 42.2 Å². The molecule has 182 valence electrons. The van der Waals surface area contributed by atoms with E-state index in [1.807, 2.05) is 37.3 Å². The van der Waals surface area contributed by atoms with E-state index in [1.165, 1.54) is 10.6 Å². The number of nitrogens with one attached hydrogen (secondary N) is 1. The van der Waals surface area contributed by atoms with Crippen LogP contribution in [0.5, 0.6) is 5.75 Å². The van der Waals surface area contributed by atoms with Crippen molar-refractivity contribution in [2.45, 2.75) is 38.8 Å². The van der Waals surface area contributed by atoms with E-state index in [2.05, 4.69) is 20.2 Å². The minimum Gasteiger partial charge on any atom is -0.486 e. The number of carbonyl (C=O) groups excluding carboxylic acids is 1. The summed E-state index contributed by atoms with van der Waals surface area (Å²) in [7, 11) is 0. The highest BCUT2D eigenvalue weighted by Crippen LogP contribution is 2.41. The van der Waals surface area contributed by atoms with E-state index in [0.29, 0.717) is 23.2 Å². The number of halogens is 1. The summed E-state index contributed by atoms with van der Waals surface area (Å²) in [5.74, 6) is 1.27. The van der Waals surface area contributed by atoms with Gasteiger partial charge in [-0.3, -0.25) is 14.7 Å². The molecule has 2 aromatic carbocycles. The van der Waals surface area contributed by atoms with Gasteiger partial charge in [0.25, 0.3) is 17.2 Å². The molecule has 1 atom stereocenters. The summed E-state index contributed by atoms with van der Waals surface area (Å²) in [6.45, 7) is 1.90. The van der Waals surface area contributed by atoms with Crippen LogP contribution in [0, 0.1) is 5.92 Å². The fourth-order valence-corrected chi connectivity index (χ4v) is 4.80. The zero-order valence-corrected chi connectivity index (χ0v) is 20.3. The topological polar surface area (TPSA) is 105 Å². The second-order valence-corrected chi connectivity index (χ2v) is 9.56. The SMILES string of the molecule is CC1=NN(C(=O)c2c(Cl)cccc2OCc2cc(=O)n3[nH]c(-c4ccccc4)nc3n2)C(C2CC2)C1. The van der Waals surface area contributed by atoms with Gasteiger partial charge >= 0.3 is 0 Å². The maximum Gasteiger partial charge on any atom is 0.279 e. The van der Waals surface area contributed by atoms with Gasteiger partial charge in [0.15, 0.2) is 5.82 Å². The van der Waals surface area contributed by atoms with Crippen molar-refractivity contribution in [3.63, 3.8) is 0 Å². The smallest absolute Gasteiger partial charge is 0.279 e. The lowest BCUT2D eigenvalue weighted by Gasteiger charge is -2.23. The molecule has 0 radical (unpaired) electrons. The van der Waals surface area contributed by atoms with Gasteiger partial charge in [-0.1, -0.05) is 48.0 Å². The zero-order valence-electron chi connectivity index (χ0n) is 19.5. The number of fused-ring (bicyclic) bond motifs is 1. The Labute approximate surface area is 211 Å².